The molecular formula is C26H28B2N8. The summed E-state index contributed by atoms with van der Waals surface area (Å²) >= 11 is 0. The molecule has 36 heavy (non-hydrogen) atoms. The van der Waals surface area contributed by atoms with Crippen LogP contribution in [0.4, 0.5) is 0 Å². The van der Waals surface area contributed by atoms with Crippen LogP contribution in [0.5, 0.6) is 0 Å². The number of H-pyrrole nitrogens is 2. The van der Waals surface area contributed by atoms with Crippen molar-refractivity contribution in [3.8, 4) is 22.5 Å². The van der Waals surface area contributed by atoms with Crippen LogP contribution in [0.2, 0.25) is 0 Å². The van der Waals surface area contributed by atoms with Gasteiger partial charge in [-0.3, -0.25) is 0 Å². The molecule has 5 aromatic rings. The monoisotopic (exact) mass is 474 g/mol. The summed E-state index contributed by atoms with van der Waals surface area (Å²) in [5, 5.41) is 9.11. The molecule has 0 saturated carbocycles. The number of fused-ring (bicyclic) bond motifs is 2. The molecule has 178 valence electrons. The standard InChI is InChI=1S/C26H28B2N8/c27-35-11-1-3-23(35)25-29-19-7-5-15(13-21(19)31-25)17-9-10-18(34-33-17)16-6-8-20-22(14-16)32-26(30-20)24-4-2-12-36(24)28/h5-10,13-14,23-24H,1-4,11-12,27-28H2,(H,29,31)(H,30,32)/t23-,24-/m0/s1. The van der Waals surface area contributed by atoms with E-state index in [9.17, 15) is 0 Å². The van der Waals surface area contributed by atoms with Crippen molar-refractivity contribution >= 4 is 38.0 Å². The predicted octanol–water partition coefficient (Wildman–Crippen LogP) is 2.93. The van der Waals surface area contributed by atoms with Crippen LogP contribution in [-0.4, -0.2) is 68.8 Å². The molecule has 2 aliphatic heterocycles. The van der Waals surface area contributed by atoms with Crippen LogP contribution < -0.4 is 0 Å². The molecular weight excluding hydrogens is 446 g/mol. The molecule has 0 unspecified atom stereocenters. The summed E-state index contributed by atoms with van der Waals surface area (Å²) in [5.74, 6) is 2.11. The van der Waals surface area contributed by atoms with E-state index in [2.05, 4.69) is 82.1 Å². The summed E-state index contributed by atoms with van der Waals surface area (Å²) in [6.45, 7) is 2.25. The first-order chi connectivity index (χ1) is 17.6. The molecule has 0 radical (unpaired) electrons. The Balaban J connectivity index is 1.15. The van der Waals surface area contributed by atoms with E-state index in [1.807, 2.05) is 12.1 Å². The van der Waals surface area contributed by atoms with Crippen LogP contribution in [-0.2, 0) is 0 Å². The van der Waals surface area contributed by atoms with E-state index >= 15 is 0 Å². The van der Waals surface area contributed by atoms with Crippen LogP contribution in [0, 0.1) is 0 Å². The summed E-state index contributed by atoms with van der Waals surface area (Å²) in [7, 11) is 4.34. The van der Waals surface area contributed by atoms with Gasteiger partial charge < -0.3 is 19.6 Å². The van der Waals surface area contributed by atoms with Crippen molar-refractivity contribution in [3.05, 3.63) is 60.2 Å². The van der Waals surface area contributed by atoms with Gasteiger partial charge in [0, 0.05) is 11.1 Å². The van der Waals surface area contributed by atoms with E-state index in [0.29, 0.717) is 12.1 Å². The number of nitrogens with zero attached hydrogens (tertiary/aromatic N) is 6. The average Bonchev–Trinajstić information content (AvgIpc) is 3.68. The van der Waals surface area contributed by atoms with E-state index in [0.717, 1.165) is 82.2 Å². The Labute approximate surface area is 211 Å². The lowest BCUT2D eigenvalue weighted by Gasteiger charge is -2.16. The van der Waals surface area contributed by atoms with E-state index < -0.39 is 0 Å². The molecule has 7 rings (SSSR count). The topological polar surface area (TPSA) is 89.6 Å². The molecule has 2 aromatic carbocycles. The van der Waals surface area contributed by atoms with Crippen LogP contribution in [0.1, 0.15) is 49.4 Å². The molecule has 0 bridgehead atoms. The molecule has 0 aliphatic carbocycles. The normalized spacial score (nSPS) is 21.2. The number of imidazole rings is 2. The second-order valence-electron chi connectivity index (χ2n) is 10.3. The molecule has 5 heterocycles. The zero-order chi connectivity index (χ0) is 24.2. The third-order valence-electron chi connectivity index (χ3n) is 7.93. The van der Waals surface area contributed by atoms with E-state index in [1.54, 1.807) is 0 Å². The Hall–Kier alpha value is -3.49. The van der Waals surface area contributed by atoms with Gasteiger partial charge in [0.25, 0.3) is 0 Å². The minimum Gasteiger partial charge on any atom is -0.341 e. The number of rotatable bonds is 4. The zero-order valence-electron chi connectivity index (χ0n) is 20.7. The Morgan fingerprint density at radius 2 is 1.14 bits per heavy atom. The highest BCUT2D eigenvalue weighted by atomic mass is 15.1. The van der Waals surface area contributed by atoms with Gasteiger partial charge in [0.2, 0.25) is 0 Å². The lowest BCUT2D eigenvalue weighted by Crippen LogP contribution is -2.20. The van der Waals surface area contributed by atoms with Crippen molar-refractivity contribution < 1.29 is 0 Å². The summed E-state index contributed by atoms with van der Waals surface area (Å²) in [6, 6.07) is 17.4. The molecule has 2 N–H and O–H groups in total. The van der Waals surface area contributed by atoms with Crippen molar-refractivity contribution in [2.45, 2.75) is 37.8 Å². The molecule has 2 fully saturated rings. The molecule has 10 heteroatoms. The van der Waals surface area contributed by atoms with Gasteiger partial charge in [-0.25, -0.2) is 9.97 Å². The fraction of sp³-hybridized carbons (Fsp3) is 0.308. The average molecular weight is 474 g/mol. The maximum absolute atomic E-state index is 4.90. The Bertz CT molecular complexity index is 1440. The highest BCUT2D eigenvalue weighted by molar-refractivity contribution is 6.05. The Morgan fingerprint density at radius 1 is 0.667 bits per heavy atom. The van der Waals surface area contributed by atoms with Crippen molar-refractivity contribution in [1.82, 2.24) is 39.8 Å². The van der Waals surface area contributed by atoms with Crippen LogP contribution in [0.15, 0.2) is 48.5 Å². The third kappa shape index (κ3) is 3.72. The minimum absolute atomic E-state index is 0.377. The van der Waals surface area contributed by atoms with Crippen LogP contribution in [0.3, 0.4) is 0 Å². The largest absolute Gasteiger partial charge is 0.341 e. The number of hydrogen-bond donors (Lipinski definition) is 2. The minimum atomic E-state index is 0.377. The summed E-state index contributed by atoms with van der Waals surface area (Å²) in [6.07, 6.45) is 4.74. The fourth-order valence-electron chi connectivity index (χ4n) is 5.84. The lowest BCUT2D eigenvalue weighted by atomic mass is 10.1. The number of nitrogens with one attached hydrogen (secondary N) is 2. The first kappa shape index (κ1) is 21.8. The Kier molecular flexibility index (Phi) is 5.18. The molecule has 0 amide bonds. The van der Waals surface area contributed by atoms with Crippen molar-refractivity contribution in [2.24, 2.45) is 0 Å². The molecule has 3 aromatic heterocycles. The maximum atomic E-state index is 4.90. The predicted molar refractivity (Wildman–Crippen MR) is 147 cm³/mol. The number of benzene rings is 2. The van der Waals surface area contributed by atoms with Gasteiger partial charge in [0.05, 0.1) is 45.5 Å². The molecule has 2 aliphatic rings. The molecule has 2 atom stereocenters. The fourth-order valence-corrected chi connectivity index (χ4v) is 5.84. The summed E-state index contributed by atoms with van der Waals surface area (Å²) in [4.78, 5) is 21.6. The quantitative estimate of drug-likeness (QED) is 0.390. The molecule has 8 nitrogen and oxygen atoms in total. The van der Waals surface area contributed by atoms with Gasteiger partial charge in [0.1, 0.15) is 11.6 Å². The summed E-state index contributed by atoms with van der Waals surface area (Å²) < 4.78 is 0. The van der Waals surface area contributed by atoms with Crippen molar-refractivity contribution in [1.29, 1.82) is 0 Å². The van der Waals surface area contributed by atoms with E-state index in [4.69, 9.17) is 9.97 Å². The lowest BCUT2D eigenvalue weighted by molar-refractivity contribution is 0.419. The van der Waals surface area contributed by atoms with Gasteiger partial charge >= 0.3 is 0 Å². The number of aromatic nitrogens is 6. The highest BCUT2D eigenvalue weighted by Crippen LogP contribution is 2.32. The van der Waals surface area contributed by atoms with E-state index in [-0.39, 0.29) is 0 Å². The van der Waals surface area contributed by atoms with Gasteiger partial charge in [0.15, 0.2) is 16.0 Å². The highest BCUT2D eigenvalue weighted by Gasteiger charge is 2.26. The van der Waals surface area contributed by atoms with Gasteiger partial charge in [-0.1, -0.05) is 12.1 Å². The molecule has 2 saturated heterocycles. The smallest absolute Gasteiger partial charge is 0.186 e. The number of hydrogen-bond acceptors (Lipinski definition) is 6. The second kappa shape index (κ2) is 8.57. The first-order valence-electron chi connectivity index (χ1n) is 12.9. The number of aromatic amines is 2. The SMILES string of the molecule is BN1CCC[C@H]1c1nc2cc(-c3ccc(-c4ccc5[nH]c([C@@H]6CCCN6B)nc5c4)nn3)ccc2[nH]1. The second-order valence-corrected chi connectivity index (χ2v) is 10.3. The van der Waals surface area contributed by atoms with Crippen LogP contribution >= 0.6 is 0 Å². The maximum Gasteiger partial charge on any atom is 0.186 e. The Morgan fingerprint density at radius 3 is 1.53 bits per heavy atom. The molecule has 0 spiro atoms. The zero-order valence-corrected chi connectivity index (χ0v) is 20.7. The van der Waals surface area contributed by atoms with Crippen molar-refractivity contribution in [3.63, 3.8) is 0 Å². The van der Waals surface area contributed by atoms with Gasteiger partial charge in [-0.05, 0) is 75.2 Å². The first-order valence-corrected chi connectivity index (χ1v) is 12.9. The van der Waals surface area contributed by atoms with Crippen LogP contribution in [0.25, 0.3) is 44.6 Å². The summed E-state index contributed by atoms with van der Waals surface area (Å²) in [5.41, 5.74) is 7.80. The van der Waals surface area contributed by atoms with E-state index in [1.165, 1.54) is 12.8 Å². The van der Waals surface area contributed by atoms with Crippen molar-refractivity contribution in [2.75, 3.05) is 13.1 Å². The van der Waals surface area contributed by atoms with Gasteiger partial charge in [-0.2, -0.15) is 0 Å². The third-order valence-corrected chi connectivity index (χ3v) is 7.93. The van der Waals surface area contributed by atoms with Gasteiger partial charge in [-0.15, -0.1) is 10.2 Å².